The molecule has 0 bridgehead atoms. The van der Waals surface area contributed by atoms with Gasteiger partial charge >= 0.3 is 0 Å². The summed E-state index contributed by atoms with van der Waals surface area (Å²) < 4.78 is 0. The van der Waals surface area contributed by atoms with Gasteiger partial charge in [0.05, 0.1) is 0 Å². The lowest BCUT2D eigenvalue weighted by atomic mass is 9.62. The first-order chi connectivity index (χ1) is 6.31. The zero-order chi connectivity index (χ0) is 8.89. The molecule has 0 amide bonds. The largest absolute Gasteiger partial charge is 0.300 e. The van der Waals surface area contributed by atoms with Gasteiger partial charge in [0.15, 0.2) is 0 Å². The van der Waals surface area contributed by atoms with Crippen LogP contribution >= 0.6 is 12.6 Å². The van der Waals surface area contributed by atoms with Gasteiger partial charge in [-0.1, -0.05) is 0 Å². The average molecular weight is 197 g/mol. The fourth-order valence-corrected chi connectivity index (χ4v) is 3.61. The van der Waals surface area contributed by atoms with E-state index in [4.69, 9.17) is 0 Å². The lowest BCUT2D eigenvalue weighted by Crippen LogP contribution is -2.40. The van der Waals surface area contributed by atoms with Crippen molar-refractivity contribution in [3.63, 3.8) is 0 Å². The highest BCUT2D eigenvalue weighted by Gasteiger charge is 2.49. The molecule has 3 rings (SSSR count). The van der Waals surface area contributed by atoms with Crippen LogP contribution in [-0.2, 0) is 0 Å². The molecule has 2 heteroatoms. The van der Waals surface area contributed by atoms with Crippen LogP contribution in [-0.4, -0.2) is 29.8 Å². The maximum Gasteiger partial charge on any atom is 0.00966 e. The zero-order valence-corrected chi connectivity index (χ0v) is 9.10. The Bertz CT molecular complexity index is 206. The van der Waals surface area contributed by atoms with Crippen LogP contribution in [0.15, 0.2) is 0 Å². The summed E-state index contributed by atoms with van der Waals surface area (Å²) in [5.74, 6) is 2.06. The molecule has 3 aliphatic rings. The third-order valence-corrected chi connectivity index (χ3v) is 4.75. The first-order valence-corrected chi connectivity index (χ1v) is 6.29. The normalized spacial score (nSPS) is 45.5. The van der Waals surface area contributed by atoms with E-state index in [9.17, 15) is 0 Å². The molecule has 1 spiro atoms. The Balaban J connectivity index is 1.57. The van der Waals surface area contributed by atoms with Gasteiger partial charge in [0, 0.05) is 12.6 Å². The molecule has 1 saturated heterocycles. The molecule has 2 aliphatic carbocycles. The monoisotopic (exact) mass is 197 g/mol. The van der Waals surface area contributed by atoms with Crippen LogP contribution in [0.25, 0.3) is 0 Å². The Morgan fingerprint density at radius 2 is 2.08 bits per heavy atom. The van der Waals surface area contributed by atoms with Crippen molar-refractivity contribution in [2.45, 2.75) is 38.1 Å². The topological polar surface area (TPSA) is 3.24 Å². The van der Waals surface area contributed by atoms with E-state index in [1.54, 1.807) is 0 Å². The molecule has 1 heterocycles. The summed E-state index contributed by atoms with van der Waals surface area (Å²) in [4.78, 5) is 2.74. The highest BCUT2D eigenvalue weighted by Crippen LogP contribution is 2.53. The minimum Gasteiger partial charge on any atom is -0.300 e. The molecular weight excluding hydrogens is 178 g/mol. The standard InChI is InChI=1S/C11H19NS/c13-7-9-5-11(6-9)3-4-12(8-11)10-1-2-10/h9-10,13H,1-8H2. The van der Waals surface area contributed by atoms with Crippen LogP contribution in [0, 0.1) is 11.3 Å². The molecule has 0 aromatic rings. The van der Waals surface area contributed by atoms with E-state index in [-0.39, 0.29) is 0 Å². The highest BCUT2D eigenvalue weighted by atomic mass is 32.1. The van der Waals surface area contributed by atoms with Crippen LogP contribution in [0.4, 0.5) is 0 Å². The molecule has 2 saturated carbocycles. The third kappa shape index (κ3) is 1.42. The minimum atomic E-state index is 0.760. The molecule has 1 nitrogen and oxygen atoms in total. The molecule has 1 aliphatic heterocycles. The third-order valence-electron chi connectivity index (χ3n) is 4.23. The van der Waals surface area contributed by atoms with Gasteiger partial charge in [0.1, 0.15) is 0 Å². The molecule has 0 unspecified atom stereocenters. The summed E-state index contributed by atoms with van der Waals surface area (Å²) in [5, 5.41) is 0. The maximum atomic E-state index is 4.38. The molecular formula is C11H19NS. The minimum absolute atomic E-state index is 0.760. The fraction of sp³-hybridized carbons (Fsp3) is 1.00. The van der Waals surface area contributed by atoms with Gasteiger partial charge in [0.2, 0.25) is 0 Å². The van der Waals surface area contributed by atoms with Gasteiger partial charge in [-0.15, -0.1) is 0 Å². The lowest BCUT2D eigenvalue weighted by molar-refractivity contribution is 0.0768. The van der Waals surface area contributed by atoms with Crippen molar-refractivity contribution >= 4 is 12.6 Å². The summed E-state index contributed by atoms with van der Waals surface area (Å²) in [7, 11) is 0. The van der Waals surface area contributed by atoms with Crippen molar-refractivity contribution in [1.82, 2.24) is 4.90 Å². The van der Waals surface area contributed by atoms with Crippen LogP contribution in [0.5, 0.6) is 0 Å². The van der Waals surface area contributed by atoms with E-state index in [1.165, 1.54) is 45.2 Å². The molecule has 0 N–H and O–H groups in total. The summed E-state index contributed by atoms with van der Waals surface area (Å²) in [6, 6.07) is 0.995. The Morgan fingerprint density at radius 3 is 2.69 bits per heavy atom. The fourth-order valence-electron chi connectivity index (χ4n) is 3.35. The van der Waals surface area contributed by atoms with E-state index in [2.05, 4.69) is 17.5 Å². The number of thiol groups is 1. The molecule has 74 valence electrons. The van der Waals surface area contributed by atoms with Crippen molar-refractivity contribution in [3.05, 3.63) is 0 Å². The molecule has 3 fully saturated rings. The number of rotatable bonds is 2. The highest BCUT2D eigenvalue weighted by molar-refractivity contribution is 7.80. The second kappa shape index (κ2) is 2.90. The second-order valence-corrected chi connectivity index (χ2v) is 5.77. The average Bonchev–Trinajstić information content (AvgIpc) is 2.82. The summed E-state index contributed by atoms with van der Waals surface area (Å²) in [6.45, 7) is 2.81. The SMILES string of the molecule is SCC1CC2(CCN(C3CC3)C2)C1. The van der Waals surface area contributed by atoms with Crippen molar-refractivity contribution < 1.29 is 0 Å². The lowest BCUT2D eigenvalue weighted by Gasteiger charge is -2.45. The van der Waals surface area contributed by atoms with Gasteiger partial charge in [-0.05, 0) is 55.7 Å². The van der Waals surface area contributed by atoms with E-state index in [0.717, 1.165) is 23.1 Å². The number of nitrogens with zero attached hydrogens (tertiary/aromatic N) is 1. The Labute approximate surface area is 86.3 Å². The van der Waals surface area contributed by atoms with Crippen LogP contribution < -0.4 is 0 Å². The van der Waals surface area contributed by atoms with E-state index in [1.807, 2.05) is 0 Å². The molecule has 0 radical (unpaired) electrons. The molecule has 0 aromatic heterocycles. The van der Waals surface area contributed by atoms with Crippen molar-refractivity contribution in [1.29, 1.82) is 0 Å². The second-order valence-electron chi connectivity index (χ2n) is 5.41. The summed E-state index contributed by atoms with van der Waals surface area (Å²) in [5.41, 5.74) is 0.760. The number of hydrogen-bond acceptors (Lipinski definition) is 2. The van der Waals surface area contributed by atoms with Crippen LogP contribution in [0.2, 0.25) is 0 Å². The molecule has 0 atom stereocenters. The summed E-state index contributed by atoms with van der Waals surface area (Å²) in [6.07, 6.45) is 7.38. The predicted molar refractivity (Wildman–Crippen MR) is 58.2 cm³/mol. The first-order valence-electron chi connectivity index (χ1n) is 5.66. The van der Waals surface area contributed by atoms with E-state index < -0.39 is 0 Å². The Kier molecular flexibility index (Phi) is 1.92. The zero-order valence-electron chi connectivity index (χ0n) is 8.21. The van der Waals surface area contributed by atoms with Crippen molar-refractivity contribution in [2.24, 2.45) is 11.3 Å². The van der Waals surface area contributed by atoms with Gasteiger partial charge < -0.3 is 0 Å². The maximum absolute atomic E-state index is 4.38. The van der Waals surface area contributed by atoms with Gasteiger partial charge in [-0.25, -0.2) is 0 Å². The number of likely N-dealkylation sites (tertiary alicyclic amines) is 1. The molecule has 13 heavy (non-hydrogen) atoms. The predicted octanol–water partition coefficient (Wildman–Crippen LogP) is 2.18. The smallest absolute Gasteiger partial charge is 0.00966 e. The van der Waals surface area contributed by atoms with E-state index >= 15 is 0 Å². The first kappa shape index (κ1) is 8.60. The van der Waals surface area contributed by atoms with Crippen LogP contribution in [0.1, 0.15) is 32.1 Å². The van der Waals surface area contributed by atoms with Crippen molar-refractivity contribution in [2.75, 3.05) is 18.8 Å². The Morgan fingerprint density at radius 1 is 1.31 bits per heavy atom. The Hall–Kier alpha value is 0.310. The van der Waals surface area contributed by atoms with Gasteiger partial charge in [-0.3, -0.25) is 4.90 Å². The van der Waals surface area contributed by atoms with Gasteiger partial charge in [0.25, 0.3) is 0 Å². The van der Waals surface area contributed by atoms with Crippen molar-refractivity contribution in [3.8, 4) is 0 Å². The summed E-state index contributed by atoms with van der Waals surface area (Å²) >= 11 is 4.38. The number of hydrogen-bond donors (Lipinski definition) is 1. The molecule has 0 aromatic carbocycles. The van der Waals surface area contributed by atoms with Crippen LogP contribution in [0.3, 0.4) is 0 Å². The van der Waals surface area contributed by atoms with Gasteiger partial charge in [-0.2, -0.15) is 12.6 Å². The quantitative estimate of drug-likeness (QED) is 0.664. The van der Waals surface area contributed by atoms with E-state index in [0.29, 0.717) is 0 Å².